The fourth-order valence-corrected chi connectivity index (χ4v) is 5.51. The van der Waals surface area contributed by atoms with Crippen LogP contribution >= 0.6 is 0 Å². The SMILES string of the molecule is Cc1cc([C@@H](C)Nc2ccccc2C(=O)O)c2nc(N3CC4CCC3CC4(F)F)c(C)c(=O)n2c1. The van der Waals surface area contributed by atoms with Crippen LogP contribution in [0.3, 0.4) is 0 Å². The fraction of sp³-hybridized carbons (Fsp3) is 0.423. The van der Waals surface area contributed by atoms with Gasteiger partial charge in [0.2, 0.25) is 0 Å². The van der Waals surface area contributed by atoms with E-state index in [9.17, 15) is 23.5 Å². The molecule has 7 nitrogen and oxygen atoms in total. The zero-order valence-corrected chi connectivity index (χ0v) is 19.9. The molecule has 2 saturated heterocycles. The van der Waals surface area contributed by atoms with E-state index >= 15 is 0 Å². The number of pyridine rings is 1. The lowest BCUT2D eigenvalue weighted by molar-refractivity contribution is -0.106. The molecule has 2 N–H and O–H groups in total. The minimum atomic E-state index is -2.68. The van der Waals surface area contributed by atoms with Crippen LogP contribution in [0.2, 0.25) is 0 Å². The van der Waals surface area contributed by atoms with E-state index in [0.29, 0.717) is 35.6 Å². The van der Waals surface area contributed by atoms with Gasteiger partial charge in [-0.25, -0.2) is 18.6 Å². The highest BCUT2D eigenvalue weighted by Gasteiger charge is 2.52. The van der Waals surface area contributed by atoms with Gasteiger partial charge in [0.05, 0.1) is 17.2 Å². The smallest absolute Gasteiger partial charge is 0.337 e. The molecule has 3 fully saturated rings. The first-order valence-corrected chi connectivity index (χ1v) is 11.8. The van der Waals surface area contributed by atoms with Gasteiger partial charge in [0, 0.05) is 42.4 Å². The molecule has 2 aliphatic heterocycles. The first-order chi connectivity index (χ1) is 16.6. The Balaban J connectivity index is 1.60. The van der Waals surface area contributed by atoms with Gasteiger partial charge in [0.25, 0.3) is 11.5 Å². The van der Waals surface area contributed by atoms with Crippen molar-refractivity contribution in [2.45, 2.75) is 58.0 Å². The number of para-hydroxylation sites is 1. The summed E-state index contributed by atoms with van der Waals surface area (Å²) in [5.74, 6) is -4.00. The third-order valence-electron chi connectivity index (χ3n) is 7.37. The third-order valence-corrected chi connectivity index (χ3v) is 7.37. The number of alkyl halides is 2. The molecular formula is C26H28F2N4O3. The van der Waals surface area contributed by atoms with Crippen LogP contribution < -0.4 is 15.8 Å². The molecule has 3 atom stereocenters. The molecule has 1 saturated carbocycles. The molecule has 2 unspecified atom stereocenters. The van der Waals surface area contributed by atoms with Crippen LogP contribution in [0.5, 0.6) is 0 Å². The molecule has 0 amide bonds. The largest absolute Gasteiger partial charge is 0.478 e. The van der Waals surface area contributed by atoms with Crippen molar-refractivity contribution in [2.24, 2.45) is 5.92 Å². The molecule has 6 rings (SSSR count). The van der Waals surface area contributed by atoms with Crippen LogP contribution in [0.1, 0.15) is 59.3 Å². The van der Waals surface area contributed by atoms with Gasteiger partial charge in [-0.05, 0) is 57.4 Å². The van der Waals surface area contributed by atoms with Crippen LogP contribution in [0.15, 0.2) is 41.3 Å². The maximum atomic E-state index is 14.4. The molecule has 0 spiro atoms. The highest BCUT2D eigenvalue weighted by atomic mass is 19.3. The lowest BCUT2D eigenvalue weighted by atomic mass is 9.77. The van der Waals surface area contributed by atoms with Crippen LogP contribution in [-0.4, -0.2) is 39.0 Å². The summed E-state index contributed by atoms with van der Waals surface area (Å²) in [6.45, 7) is 5.64. The second-order valence-electron chi connectivity index (χ2n) is 9.79. The number of aryl methyl sites for hydroxylation is 1. The number of halogens is 2. The van der Waals surface area contributed by atoms with Gasteiger partial charge in [0.15, 0.2) is 0 Å². The van der Waals surface area contributed by atoms with Crippen molar-refractivity contribution in [1.29, 1.82) is 0 Å². The van der Waals surface area contributed by atoms with Crippen molar-refractivity contribution < 1.29 is 18.7 Å². The minimum absolute atomic E-state index is 0.142. The Kier molecular flexibility index (Phi) is 5.53. The first kappa shape index (κ1) is 23.3. The van der Waals surface area contributed by atoms with Crippen molar-refractivity contribution in [2.75, 3.05) is 16.8 Å². The molecule has 184 valence electrons. The van der Waals surface area contributed by atoms with Crippen LogP contribution in [0, 0.1) is 19.8 Å². The van der Waals surface area contributed by atoms with Gasteiger partial charge >= 0.3 is 5.97 Å². The van der Waals surface area contributed by atoms with E-state index in [1.54, 1.807) is 31.3 Å². The summed E-state index contributed by atoms with van der Waals surface area (Å²) in [5, 5.41) is 12.8. The van der Waals surface area contributed by atoms with Crippen molar-refractivity contribution in [3.8, 4) is 0 Å². The highest BCUT2D eigenvalue weighted by molar-refractivity contribution is 5.94. The maximum Gasteiger partial charge on any atom is 0.337 e. The number of benzene rings is 1. The predicted molar refractivity (Wildman–Crippen MR) is 130 cm³/mol. The number of aromatic nitrogens is 2. The Labute approximate surface area is 201 Å². The Morgan fingerprint density at radius 3 is 2.66 bits per heavy atom. The Hall–Kier alpha value is -3.49. The molecule has 3 aromatic rings. The van der Waals surface area contributed by atoms with Gasteiger partial charge in [-0.15, -0.1) is 0 Å². The number of piperidine rings is 2. The standard InChI is InChI=1S/C26H28F2N4O3/c1-14-10-20(16(3)29-21-7-5-4-6-19(21)25(34)35)23-30-22(15(2)24(33)32(23)12-14)31-13-17-8-9-18(31)11-26(17,27)28/h4-7,10,12,16-18,29H,8-9,11,13H2,1-3H3,(H,34,35)/t16-,17?,18?/m1/s1. The van der Waals surface area contributed by atoms with Gasteiger partial charge < -0.3 is 15.3 Å². The number of carboxylic acids is 1. The predicted octanol–water partition coefficient (Wildman–Crippen LogP) is 4.81. The molecule has 1 aliphatic carbocycles. The van der Waals surface area contributed by atoms with Crippen molar-refractivity contribution in [1.82, 2.24) is 9.38 Å². The van der Waals surface area contributed by atoms with Crippen LogP contribution in [-0.2, 0) is 0 Å². The number of carboxylic acid groups (broad SMARTS) is 1. The number of nitrogens with zero attached hydrogens (tertiary/aromatic N) is 3. The summed E-state index contributed by atoms with van der Waals surface area (Å²) in [7, 11) is 0. The number of carbonyl (C=O) groups is 1. The van der Waals surface area contributed by atoms with Crippen LogP contribution in [0.25, 0.3) is 5.65 Å². The van der Waals surface area contributed by atoms with E-state index in [1.807, 2.05) is 24.8 Å². The molecule has 35 heavy (non-hydrogen) atoms. The topological polar surface area (TPSA) is 86.9 Å². The number of hydrogen-bond donors (Lipinski definition) is 2. The van der Waals surface area contributed by atoms with E-state index in [1.165, 1.54) is 10.5 Å². The van der Waals surface area contributed by atoms with E-state index in [2.05, 4.69) is 5.32 Å². The Bertz CT molecular complexity index is 1390. The zero-order chi connectivity index (χ0) is 25.1. The molecule has 9 heteroatoms. The molecule has 2 bridgehead atoms. The van der Waals surface area contributed by atoms with Crippen molar-refractivity contribution in [3.63, 3.8) is 0 Å². The summed E-state index contributed by atoms with van der Waals surface area (Å²) in [5.41, 5.74) is 2.80. The Morgan fingerprint density at radius 2 is 2.00 bits per heavy atom. The molecular weight excluding hydrogens is 454 g/mol. The average molecular weight is 483 g/mol. The van der Waals surface area contributed by atoms with Gasteiger partial charge in [-0.3, -0.25) is 9.20 Å². The van der Waals surface area contributed by atoms with Gasteiger partial charge in [-0.2, -0.15) is 0 Å². The maximum absolute atomic E-state index is 14.4. The average Bonchev–Trinajstić information content (AvgIpc) is 2.81. The number of aromatic carboxylic acids is 1. The molecule has 0 radical (unpaired) electrons. The molecule has 3 aliphatic rings. The Morgan fingerprint density at radius 1 is 1.26 bits per heavy atom. The number of nitrogens with one attached hydrogen (secondary N) is 1. The van der Waals surface area contributed by atoms with Gasteiger partial charge in [0.1, 0.15) is 11.5 Å². The second-order valence-corrected chi connectivity index (χ2v) is 9.79. The van der Waals surface area contributed by atoms with Crippen molar-refractivity contribution >= 4 is 23.1 Å². The summed E-state index contributed by atoms with van der Waals surface area (Å²) in [4.78, 5) is 31.8. The normalized spacial score (nSPS) is 21.8. The van der Waals surface area contributed by atoms with E-state index in [0.717, 1.165) is 11.1 Å². The number of rotatable bonds is 5. The fourth-order valence-electron chi connectivity index (χ4n) is 5.51. The summed E-state index contributed by atoms with van der Waals surface area (Å²) in [6, 6.07) is 7.81. The zero-order valence-electron chi connectivity index (χ0n) is 19.9. The van der Waals surface area contributed by atoms with E-state index < -0.39 is 17.8 Å². The van der Waals surface area contributed by atoms with E-state index in [4.69, 9.17) is 4.98 Å². The van der Waals surface area contributed by atoms with Gasteiger partial charge in [-0.1, -0.05) is 12.1 Å². The summed E-state index contributed by atoms with van der Waals surface area (Å²) >= 11 is 0. The quantitative estimate of drug-likeness (QED) is 0.543. The summed E-state index contributed by atoms with van der Waals surface area (Å²) in [6.07, 6.45) is 2.64. The summed E-state index contributed by atoms with van der Waals surface area (Å²) < 4.78 is 30.2. The molecule has 1 aromatic carbocycles. The lowest BCUT2D eigenvalue weighted by Gasteiger charge is -2.50. The lowest BCUT2D eigenvalue weighted by Crippen LogP contribution is -2.58. The minimum Gasteiger partial charge on any atom is -0.478 e. The molecule has 2 aromatic heterocycles. The number of fused-ring (bicyclic) bond motifs is 4. The van der Waals surface area contributed by atoms with Crippen molar-refractivity contribution in [3.05, 3.63) is 69.1 Å². The number of anilines is 2. The van der Waals surface area contributed by atoms with E-state index in [-0.39, 0.29) is 36.2 Å². The highest BCUT2D eigenvalue weighted by Crippen LogP contribution is 2.46. The monoisotopic (exact) mass is 482 g/mol. The first-order valence-electron chi connectivity index (χ1n) is 11.8. The van der Waals surface area contributed by atoms with Crippen LogP contribution in [0.4, 0.5) is 20.3 Å². The number of hydrogen-bond acceptors (Lipinski definition) is 5. The second kappa shape index (κ2) is 8.32. The third kappa shape index (κ3) is 3.92. The molecule has 4 heterocycles.